The lowest BCUT2D eigenvalue weighted by Crippen LogP contribution is -2.26. The van der Waals surface area contributed by atoms with Crippen LogP contribution in [0.2, 0.25) is 0 Å². The lowest BCUT2D eigenvalue weighted by atomic mass is 9.91. The quantitative estimate of drug-likeness (QED) is 0.336. The smallest absolute Gasteiger partial charge is 0.339 e. The van der Waals surface area contributed by atoms with Gasteiger partial charge in [0.05, 0.1) is 30.1 Å². The SMILES string of the molecule is CCC(C)(C)C(=O)OCCCCCCOc1cc(=O)oc2cc(F)ccc12. The second-order valence-corrected chi connectivity index (χ2v) is 7.21. The first kappa shape index (κ1) is 20.9. The number of halogens is 1. The van der Waals surface area contributed by atoms with E-state index in [0.717, 1.165) is 32.1 Å². The summed E-state index contributed by atoms with van der Waals surface area (Å²) in [7, 11) is 0. The largest absolute Gasteiger partial charge is 0.493 e. The van der Waals surface area contributed by atoms with E-state index in [1.165, 1.54) is 24.3 Å². The van der Waals surface area contributed by atoms with E-state index >= 15 is 0 Å². The molecular weight excluding hydrogens is 351 g/mol. The molecule has 0 unspecified atom stereocenters. The third-order valence-corrected chi connectivity index (χ3v) is 4.63. The monoisotopic (exact) mass is 378 g/mol. The topological polar surface area (TPSA) is 65.7 Å². The molecule has 2 rings (SSSR count). The van der Waals surface area contributed by atoms with Crippen LogP contribution in [0.15, 0.2) is 33.5 Å². The van der Waals surface area contributed by atoms with E-state index in [0.29, 0.717) is 24.3 Å². The first-order valence-corrected chi connectivity index (χ1v) is 9.37. The molecule has 0 aliphatic carbocycles. The van der Waals surface area contributed by atoms with Crippen LogP contribution in [0.3, 0.4) is 0 Å². The first-order valence-electron chi connectivity index (χ1n) is 9.37. The summed E-state index contributed by atoms with van der Waals surface area (Å²) < 4.78 is 29.2. The predicted octanol–water partition coefficient (Wildman–Crippen LogP) is 4.85. The van der Waals surface area contributed by atoms with Gasteiger partial charge in [0.25, 0.3) is 0 Å². The van der Waals surface area contributed by atoms with E-state index in [9.17, 15) is 14.0 Å². The number of hydrogen-bond acceptors (Lipinski definition) is 5. The summed E-state index contributed by atoms with van der Waals surface area (Å²) in [6, 6.07) is 5.28. The second-order valence-electron chi connectivity index (χ2n) is 7.21. The number of unbranched alkanes of at least 4 members (excludes halogenated alkanes) is 3. The Bertz CT molecular complexity index is 825. The molecular formula is C21H27FO5. The van der Waals surface area contributed by atoms with Crippen molar-refractivity contribution in [1.82, 2.24) is 0 Å². The fourth-order valence-electron chi connectivity index (χ4n) is 2.47. The van der Waals surface area contributed by atoms with Crippen LogP contribution < -0.4 is 10.4 Å². The molecule has 27 heavy (non-hydrogen) atoms. The third kappa shape index (κ3) is 6.08. The van der Waals surface area contributed by atoms with Gasteiger partial charge in [-0.3, -0.25) is 4.79 Å². The van der Waals surface area contributed by atoms with Gasteiger partial charge in [-0.1, -0.05) is 6.92 Å². The summed E-state index contributed by atoms with van der Waals surface area (Å²) in [5.41, 5.74) is -0.823. The van der Waals surface area contributed by atoms with E-state index in [-0.39, 0.29) is 11.6 Å². The Morgan fingerprint density at radius 1 is 1.11 bits per heavy atom. The summed E-state index contributed by atoms with van der Waals surface area (Å²) >= 11 is 0. The van der Waals surface area contributed by atoms with Crippen LogP contribution in [-0.4, -0.2) is 19.2 Å². The minimum atomic E-state index is -0.570. The van der Waals surface area contributed by atoms with Crippen LogP contribution in [0.25, 0.3) is 11.0 Å². The molecule has 148 valence electrons. The molecule has 1 aromatic carbocycles. The zero-order chi connectivity index (χ0) is 19.9. The van der Waals surface area contributed by atoms with Gasteiger partial charge >= 0.3 is 11.6 Å². The summed E-state index contributed by atoms with van der Waals surface area (Å²) in [5.74, 6) is -0.220. The molecule has 0 spiro atoms. The van der Waals surface area contributed by atoms with Gasteiger partial charge in [0.2, 0.25) is 0 Å². The highest BCUT2D eigenvalue weighted by atomic mass is 19.1. The van der Waals surface area contributed by atoms with Crippen LogP contribution in [0.4, 0.5) is 4.39 Å². The molecule has 0 atom stereocenters. The number of ether oxygens (including phenoxy) is 2. The fourth-order valence-corrected chi connectivity index (χ4v) is 2.47. The van der Waals surface area contributed by atoms with Gasteiger partial charge < -0.3 is 13.9 Å². The van der Waals surface area contributed by atoms with E-state index in [2.05, 4.69) is 0 Å². The molecule has 0 N–H and O–H groups in total. The van der Waals surface area contributed by atoms with Crippen LogP contribution in [0.5, 0.6) is 5.75 Å². The van der Waals surface area contributed by atoms with Crippen LogP contribution in [0.1, 0.15) is 52.9 Å². The van der Waals surface area contributed by atoms with Gasteiger partial charge in [0.1, 0.15) is 17.1 Å². The molecule has 0 amide bonds. The summed E-state index contributed by atoms with van der Waals surface area (Å²) in [4.78, 5) is 23.4. The standard InChI is InChI=1S/C21H27FO5/c1-4-21(2,3)20(24)26-12-8-6-5-7-11-25-17-14-19(23)27-18-13-15(22)9-10-16(17)18/h9-10,13-14H,4-8,11-12H2,1-3H3. The van der Waals surface area contributed by atoms with E-state index in [4.69, 9.17) is 13.9 Å². The molecule has 1 heterocycles. The predicted molar refractivity (Wildman–Crippen MR) is 101 cm³/mol. The van der Waals surface area contributed by atoms with Gasteiger partial charge in [-0.05, 0) is 58.1 Å². The van der Waals surface area contributed by atoms with E-state index in [1.54, 1.807) is 0 Å². The van der Waals surface area contributed by atoms with Crippen molar-refractivity contribution in [3.8, 4) is 5.75 Å². The zero-order valence-electron chi connectivity index (χ0n) is 16.2. The highest BCUT2D eigenvalue weighted by Crippen LogP contribution is 2.25. The summed E-state index contributed by atoms with van der Waals surface area (Å²) in [6.07, 6.45) is 4.21. The van der Waals surface area contributed by atoms with Gasteiger partial charge in [-0.15, -0.1) is 0 Å². The Labute approximate surface area is 158 Å². The molecule has 0 bridgehead atoms. The van der Waals surface area contributed by atoms with Crippen LogP contribution in [-0.2, 0) is 9.53 Å². The molecule has 0 fully saturated rings. The maximum absolute atomic E-state index is 13.3. The van der Waals surface area contributed by atoms with Gasteiger partial charge in [-0.2, -0.15) is 0 Å². The number of carbonyl (C=O) groups excluding carboxylic acids is 1. The highest BCUT2D eigenvalue weighted by Gasteiger charge is 2.26. The maximum atomic E-state index is 13.3. The van der Waals surface area contributed by atoms with Crippen molar-refractivity contribution in [2.24, 2.45) is 5.41 Å². The molecule has 0 radical (unpaired) electrons. The Morgan fingerprint density at radius 3 is 2.52 bits per heavy atom. The molecule has 2 aromatic rings. The van der Waals surface area contributed by atoms with Crippen molar-refractivity contribution < 1.29 is 23.1 Å². The molecule has 6 heteroatoms. The van der Waals surface area contributed by atoms with E-state index < -0.39 is 16.9 Å². The van der Waals surface area contributed by atoms with Gasteiger partial charge in [0, 0.05) is 6.07 Å². The maximum Gasteiger partial charge on any atom is 0.339 e. The minimum Gasteiger partial charge on any atom is -0.493 e. The average molecular weight is 378 g/mol. The summed E-state index contributed by atoms with van der Waals surface area (Å²) in [5, 5.41) is 0.571. The lowest BCUT2D eigenvalue weighted by molar-refractivity contribution is -0.154. The van der Waals surface area contributed by atoms with Gasteiger partial charge in [0.15, 0.2) is 0 Å². The van der Waals surface area contributed by atoms with Crippen molar-refractivity contribution in [1.29, 1.82) is 0 Å². The number of esters is 1. The zero-order valence-corrected chi connectivity index (χ0v) is 16.2. The molecule has 5 nitrogen and oxygen atoms in total. The Morgan fingerprint density at radius 2 is 1.81 bits per heavy atom. The Balaban J connectivity index is 1.70. The molecule has 0 saturated carbocycles. The molecule has 1 aromatic heterocycles. The van der Waals surface area contributed by atoms with E-state index in [1.807, 2.05) is 20.8 Å². The molecule has 0 aliphatic heterocycles. The van der Waals surface area contributed by atoms with Crippen molar-refractivity contribution >= 4 is 16.9 Å². The average Bonchev–Trinajstić information content (AvgIpc) is 2.62. The summed E-state index contributed by atoms with van der Waals surface area (Å²) in [6.45, 7) is 6.61. The number of carbonyl (C=O) groups is 1. The normalized spacial score (nSPS) is 11.6. The number of rotatable bonds is 10. The number of fused-ring (bicyclic) bond motifs is 1. The minimum absolute atomic E-state index is 0.153. The fraction of sp³-hybridized carbons (Fsp3) is 0.524. The number of benzene rings is 1. The van der Waals surface area contributed by atoms with Crippen molar-refractivity contribution in [2.75, 3.05) is 13.2 Å². The van der Waals surface area contributed by atoms with Crippen LogP contribution >= 0.6 is 0 Å². The molecule has 0 saturated heterocycles. The molecule has 0 aliphatic rings. The van der Waals surface area contributed by atoms with Crippen molar-refractivity contribution in [3.63, 3.8) is 0 Å². The van der Waals surface area contributed by atoms with Gasteiger partial charge in [-0.25, -0.2) is 9.18 Å². The van der Waals surface area contributed by atoms with Crippen molar-refractivity contribution in [2.45, 2.75) is 52.9 Å². The van der Waals surface area contributed by atoms with Crippen molar-refractivity contribution in [3.05, 3.63) is 40.5 Å². The second kappa shape index (κ2) is 9.53. The number of hydrogen-bond donors (Lipinski definition) is 0. The Hall–Kier alpha value is -2.37. The Kier molecular flexibility index (Phi) is 7.39. The first-order chi connectivity index (χ1) is 12.8. The highest BCUT2D eigenvalue weighted by molar-refractivity contribution is 5.83. The lowest BCUT2D eigenvalue weighted by Gasteiger charge is -2.20. The third-order valence-electron chi connectivity index (χ3n) is 4.63. The van der Waals surface area contributed by atoms with Crippen LogP contribution in [0, 0.1) is 11.2 Å².